The third-order valence-corrected chi connectivity index (χ3v) is 3.28. The molecule has 17 heavy (non-hydrogen) atoms. The van der Waals surface area contributed by atoms with E-state index in [1.54, 1.807) is 6.20 Å². The fourth-order valence-electron chi connectivity index (χ4n) is 2.34. The summed E-state index contributed by atoms with van der Waals surface area (Å²) in [4.78, 5) is 0. The number of hydrogen-bond donors (Lipinski definition) is 1. The van der Waals surface area contributed by atoms with Crippen molar-refractivity contribution in [2.24, 2.45) is 5.92 Å². The maximum Gasteiger partial charge on any atom is 0.248 e. The molecule has 0 aliphatic heterocycles. The lowest BCUT2D eigenvalue weighted by Crippen LogP contribution is -2.34. The van der Waals surface area contributed by atoms with Crippen molar-refractivity contribution in [1.82, 2.24) is 15.1 Å². The van der Waals surface area contributed by atoms with Crippen molar-refractivity contribution in [2.45, 2.75) is 44.7 Å². The van der Waals surface area contributed by atoms with Gasteiger partial charge in [-0.1, -0.05) is 0 Å². The number of halogens is 2. The van der Waals surface area contributed by atoms with Crippen LogP contribution >= 0.6 is 0 Å². The highest BCUT2D eigenvalue weighted by Crippen LogP contribution is 2.38. The van der Waals surface area contributed by atoms with Crippen LogP contribution in [0, 0.1) is 5.92 Å². The predicted molar refractivity (Wildman–Crippen MR) is 62.0 cm³/mol. The fraction of sp³-hybridized carbons (Fsp3) is 0.750. The molecule has 1 aliphatic rings. The van der Waals surface area contributed by atoms with Gasteiger partial charge in [0.05, 0.1) is 6.54 Å². The molecule has 1 heterocycles. The SMILES string of the molecule is CC(Cn1cccn1)NCC1CCC(F)(F)C1. The zero-order valence-corrected chi connectivity index (χ0v) is 10.1. The summed E-state index contributed by atoms with van der Waals surface area (Å²) in [5.74, 6) is -2.32. The van der Waals surface area contributed by atoms with E-state index in [0.29, 0.717) is 13.0 Å². The molecule has 0 amide bonds. The first-order valence-electron chi connectivity index (χ1n) is 6.14. The lowest BCUT2D eigenvalue weighted by atomic mass is 10.1. The van der Waals surface area contributed by atoms with Crippen LogP contribution in [0.5, 0.6) is 0 Å². The highest BCUT2D eigenvalue weighted by atomic mass is 19.3. The number of alkyl halides is 2. The smallest absolute Gasteiger partial charge is 0.248 e. The first-order valence-corrected chi connectivity index (χ1v) is 6.14. The Kier molecular flexibility index (Phi) is 3.76. The van der Waals surface area contributed by atoms with Gasteiger partial charge in [-0.3, -0.25) is 4.68 Å². The summed E-state index contributed by atoms with van der Waals surface area (Å²) >= 11 is 0. The van der Waals surface area contributed by atoms with E-state index < -0.39 is 5.92 Å². The van der Waals surface area contributed by atoms with Crippen LogP contribution in [0.2, 0.25) is 0 Å². The molecule has 0 aromatic carbocycles. The standard InChI is InChI=1S/C12H19F2N3/c1-10(9-17-6-2-5-16-17)15-8-11-3-4-12(13,14)7-11/h2,5-6,10-11,15H,3-4,7-9H2,1H3. The largest absolute Gasteiger partial charge is 0.312 e. The van der Waals surface area contributed by atoms with Crippen molar-refractivity contribution >= 4 is 0 Å². The van der Waals surface area contributed by atoms with Gasteiger partial charge in [0.25, 0.3) is 0 Å². The summed E-state index contributed by atoms with van der Waals surface area (Å²) in [6, 6.07) is 2.13. The highest BCUT2D eigenvalue weighted by molar-refractivity contribution is 4.83. The number of hydrogen-bond acceptors (Lipinski definition) is 2. The van der Waals surface area contributed by atoms with Gasteiger partial charge in [0.1, 0.15) is 0 Å². The Morgan fingerprint density at radius 3 is 3.00 bits per heavy atom. The topological polar surface area (TPSA) is 29.9 Å². The molecule has 1 saturated carbocycles. The van der Waals surface area contributed by atoms with E-state index in [1.807, 2.05) is 16.9 Å². The van der Waals surface area contributed by atoms with Crippen LogP contribution in [0.3, 0.4) is 0 Å². The molecule has 0 spiro atoms. The second-order valence-electron chi connectivity index (χ2n) is 5.00. The van der Waals surface area contributed by atoms with Crippen LogP contribution in [0.25, 0.3) is 0 Å². The first kappa shape index (κ1) is 12.5. The Bertz CT molecular complexity index is 338. The van der Waals surface area contributed by atoms with E-state index in [4.69, 9.17) is 0 Å². The van der Waals surface area contributed by atoms with E-state index >= 15 is 0 Å². The minimum absolute atomic E-state index is 0.0362. The summed E-state index contributed by atoms with van der Waals surface area (Å²) in [6.45, 7) is 3.50. The molecule has 2 rings (SSSR count). The first-order chi connectivity index (χ1) is 8.05. The summed E-state index contributed by atoms with van der Waals surface area (Å²) in [5, 5.41) is 7.42. The van der Waals surface area contributed by atoms with Crippen molar-refractivity contribution in [2.75, 3.05) is 6.54 Å². The fourth-order valence-corrected chi connectivity index (χ4v) is 2.34. The second kappa shape index (κ2) is 5.12. The molecule has 0 bridgehead atoms. The van der Waals surface area contributed by atoms with Gasteiger partial charge in [-0.2, -0.15) is 5.10 Å². The number of nitrogens with zero attached hydrogens (tertiary/aromatic N) is 2. The molecule has 1 aromatic rings. The molecular weight excluding hydrogens is 224 g/mol. The Morgan fingerprint density at radius 2 is 2.41 bits per heavy atom. The Balaban J connectivity index is 1.68. The molecule has 1 N–H and O–H groups in total. The van der Waals surface area contributed by atoms with E-state index in [2.05, 4.69) is 17.3 Å². The van der Waals surface area contributed by atoms with Crippen LogP contribution in [0.4, 0.5) is 8.78 Å². The number of rotatable bonds is 5. The molecule has 5 heteroatoms. The summed E-state index contributed by atoms with van der Waals surface area (Å²) in [7, 11) is 0. The normalized spacial score (nSPS) is 25.0. The Morgan fingerprint density at radius 1 is 1.59 bits per heavy atom. The summed E-state index contributed by atoms with van der Waals surface area (Å²) in [6.07, 6.45) is 4.36. The minimum atomic E-state index is -2.43. The molecule has 1 fully saturated rings. The maximum atomic E-state index is 13.0. The lowest BCUT2D eigenvalue weighted by Gasteiger charge is -2.17. The molecule has 96 valence electrons. The molecular formula is C12H19F2N3. The van der Waals surface area contributed by atoms with Crippen LogP contribution < -0.4 is 5.32 Å². The zero-order chi connectivity index (χ0) is 12.3. The van der Waals surface area contributed by atoms with Gasteiger partial charge in [-0.25, -0.2) is 8.78 Å². The average Bonchev–Trinajstić information content (AvgIpc) is 2.85. The Labute approximate surface area is 100 Å². The number of aromatic nitrogens is 2. The van der Waals surface area contributed by atoms with Crippen molar-refractivity contribution < 1.29 is 8.78 Å². The third kappa shape index (κ3) is 3.77. The van der Waals surface area contributed by atoms with Crippen molar-refractivity contribution in [3.63, 3.8) is 0 Å². The van der Waals surface area contributed by atoms with Gasteiger partial charge in [0.15, 0.2) is 0 Å². The van der Waals surface area contributed by atoms with Gasteiger partial charge in [0.2, 0.25) is 5.92 Å². The quantitative estimate of drug-likeness (QED) is 0.860. The lowest BCUT2D eigenvalue weighted by molar-refractivity contribution is 0.00498. The van der Waals surface area contributed by atoms with Crippen molar-refractivity contribution in [3.8, 4) is 0 Å². The van der Waals surface area contributed by atoms with Gasteiger partial charge >= 0.3 is 0 Å². The zero-order valence-electron chi connectivity index (χ0n) is 10.1. The molecule has 0 radical (unpaired) electrons. The number of nitrogens with one attached hydrogen (secondary N) is 1. The minimum Gasteiger partial charge on any atom is -0.312 e. The molecule has 0 saturated heterocycles. The maximum absolute atomic E-state index is 13.0. The van der Waals surface area contributed by atoms with E-state index in [0.717, 1.165) is 6.54 Å². The summed E-state index contributed by atoms with van der Waals surface area (Å²) in [5.41, 5.74) is 0. The van der Waals surface area contributed by atoms with Gasteiger partial charge in [-0.15, -0.1) is 0 Å². The van der Waals surface area contributed by atoms with E-state index in [1.165, 1.54) is 0 Å². The molecule has 1 aliphatic carbocycles. The second-order valence-corrected chi connectivity index (χ2v) is 5.00. The molecule has 3 nitrogen and oxygen atoms in total. The monoisotopic (exact) mass is 243 g/mol. The van der Waals surface area contributed by atoms with Crippen molar-refractivity contribution in [3.05, 3.63) is 18.5 Å². The summed E-state index contributed by atoms with van der Waals surface area (Å²) < 4.78 is 27.8. The van der Waals surface area contributed by atoms with Gasteiger partial charge < -0.3 is 5.32 Å². The molecule has 2 unspecified atom stereocenters. The van der Waals surface area contributed by atoms with Crippen LogP contribution in [0.1, 0.15) is 26.2 Å². The predicted octanol–water partition coefficient (Wildman–Crippen LogP) is 2.30. The van der Waals surface area contributed by atoms with E-state index in [9.17, 15) is 8.78 Å². The van der Waals surface area contributed by atoms with Gasteiger partial charge in [-0.05, 0) is 31.9 Å². The van der Waals surface area contributed by atoms with Crippen molar-refractivity contribution in [1.29, 1.82) is 0 Å². The Hall–Kier alpha value is -0.970. The van der Waals surface area contributed by atoms with Crippen LogP contribution in [-0.2, 0) is 6.54 Å². The molecule has 1 aromatic heterocycles. The van der Waals surface area contributed by atoms with Gasteiger partial charge in [0, 0.05) is 31.3 Å². The average molecular weight is 243 g/mol. The highest BCUT2D eigenvalue weighted by Gasteiger charge is 2.39. The van der Waals surface area contributed by atoms with Crippen LogP contribution in [-0.4, -0.2) is 28.3 Å². The van der Waals surface area contributed by atoms with E-state index in [-0.39, 0.29) is 24.8 Å². The van der Waals surface area contributed by atoms with Crippen LogP contribution in [0.15, 0.2) is 18.5 Å². The molecule has 2 atom stereocenters. The third-order valence-electron chi connectivity index (χ3n) is 3.28.